The Morgan fingerprint density at radius 3 is 1.18 bits per heavy atom. The summed E-state index contributed by atoms with van der Waals surface area (Å²) in [7, 11) is -8.95. The Hall–Kier alpha value is -2.92. The summed E-state index contributed by atoms with van der Waals surface area (Å²) < 4.78 is 65.4. The van der Waals surface area contributed by atoms with Crippen LogP contribution in [0.4, 0.5) is 11.4 Å². The predicted octanol–water partition coefficient (Wildman–Crippen LogP) is 2.68. The van der Waals surface area contributed by atoms with Crippen LogP contribution in [0.25, 0.3) is 22.3 Å². The quantitative estimate of drug-likeness (QED) is 0.370. The molecule has 0 aliphatic carbocycles. The third kappa shape index (κ3) is 3.99. The summed E-state index contributed by atoms with van der Waals surface area (Å²) in [5.41, 5.74) is 13.3. The van der Waals surface area contributed by atoms with Gasteiger partial charge in [-0.1, -0.05) is 24.3 Å². The van der Waals surface area contributed by atoms with Crippen LogP contribution in [-0.2, 0) is 20.2 Å². The first-order chi connectivity index (χ1) is 13.0. The van der Waals surface area contributed by atoms with Gasteiger partial charge in [-0.3, -0.25) is 9.11 Å². The van der Waals surface area contributed by atoms with Gasteiger partial charge in [0.25, 0.3) is 20.2 Å². The van der Waals surface area contributed by atoms with Crippen LogP contribution < -0.4 is 11.5 Å². The van der Waals surface area contributed by atoms with E-state index in [9.17, 15) is 25.9 Å². The molecule has 0 amide bonds. The minimum absolute atomic E-state index is 0.191. The molecule has 146 valence electrons. The van der Waals surface area contributed by atoms with Crippen LogP contribution in [0.3, 0.4) is 0 Å². The van der Waals surface area contributed by atoms with E-state index in [1.165, 1.54) is 60.7 Å². The van der Waals surface area contributed by atoms with E-state index in [-0.39, 0.29) is 20.9 Å². The Morgan fingerprint density at radius 1 is 0.571 bits per heavy atom. The molecule has 10 heteroatoms. The molecule has 3 aromatic rings. The molecule has 0 radical (unpaired) electrons. The van der Waals surface area contributed by atoms with Crippen molar-refractivity contribution >= 4 is 31.6 Å². The Balaban J connectivity index is 2.16. The number of nitrogens with two attached hydrogens (primary N) is 2. The standard InChI is InChI=1S/C18H16N2O6S2/c19-13-5-7-17(27(21,22)23)15(9-13)11-1-2-12(4-3-11)16-10-14(20)6-8-18(16)28(24,25)26/h1-10H,19-20H2,(H,21,22,23)(H,24,25,26). The molecule has 0 saturated carbocycles. The average molecular weight is 420 g/mol. The van der Waals surface area contributed by atoms with Crippen molar-refractivity contribution in [2.24, 2.45) is 0 Å². The second kappa shape index (κ2) is 6.91. The molecular formula is C18H16N2O6S2. The first kappa shape index (κ1) is 19.8. The zero-order valence-electron chi connectivity index (χ0n) is 14.3. The van der Waals surface area contributed by atoms with Crippen LogP contribution >= 0.6 is 0 Å². The first-order valence-electron chi connectivity index (χ1n) is 7.81. The highest BCUT2D eigenvalue weighted by atomic mass is 32.2. The summed E-state index contributed by atoms with van der Waals surface area (Å²) in [4.78, 5) is -0.617. The van der Waals surface area contributed by atoms with Crippen molar-refractivity contribution in [3.05, 3.63) is 60.7 Å². The molecule has 0 fully saturated rings. The van der Waals surface area contributed by atoms with Gasteiger partial charge in [-0.25, -0.2) is 0 Å². The topological polar surface area (TPSA) is 161 Å². The smallest absolute Gasteiger partial charge is 0.295 e. The molecule has 0 aliphatic rings. The zero-order valence-corrected chi connectivity index (χ0v) is 15.9. The molecule has 28 heavy (non-hydrogen) atoms. The molecule has 0 atom stereocenters. The van der Waals surface area contributed by atoms with Crippen molar-refractivity contribution in [1.29, 1.82) is 0 Å². The van der Waals surface area contributed by atoms with E-state index in [0.29, 0.717) is 22.5 Å². The van der Waals surface area contributed by atoms with Gasteiger partial charge in [-0.2, -0.15) is 16.8 Å². The normalized spacial score (nSPS) is 12.1. The lowest BCUT2D eigenvalue weighted by Crippen LogP contribution is -2.02. The zero-order chi connectivity index (χ0) is 20.7. The Kier molecular flexibility index (Phi) is 4.90. The summed E-state index contributed by atoms with van der Waals surface area (Å²) in [6, 6.07) is 14.1. The number of hydrogen-bond donors (Lipinski definition) is 4. The van der Waals surface area contributed by atoms with E-state index >= 15 is 0 Å². The number of anilines is 2. The van der Waals surface area contributed by atoms with E-state index < -0.39 is 20.2 Å². The van der Waals surface area contributed by atoms with Gasteiger partial charge in [0.2, 0.25) is 0 Å². The molecule has 0 unspecified atom stereocenters. The van der Waals surface area contributed by atoms with Crippen LogP contribution in [0.1, 0.15) is 0 Å². The summed E-state index contributed by atoms with van der Waals surface area (Å²) >= 11 is 0. The molecule has 8 nitrogen and oxygen atoms in total. The Bertz CT molecular complexity index is 1170. The molecule has 0 spiro atoms. The summed E-state index contributed by atoms with van der Waals surface area (Å²) in [5, 5.41) is 0. The summed E-state index contributed by atoms with van der Waals surface area (Å²) in [6.45, 7) is 0. The molecule has 0 saturated heterocycles. The highest BCUT2D eigenvalue weighted by molar-refractivity contribution is 7.86. The first-order valence-corrected chi connectivity index (χ1v) is 10.7. The molecular weight excluding hydrogens is 404 g/mol. The van der Waals surface area contributed by atoms with Gasteiger partial charge in [0, 0.05) is 22.5 Å². The van der Waals surface area contributed by atoms with Gasteiger partial charge >= 0.3 is 0 Å². The van der Waals surface area contributed by atoms with Crippen LogP contribution in [0, 0.1) is 0 Å². The monoisotopic (exact) mass is 420 g/mol. The number of benzene rings is 3. The maximum Gasteiger partial charge on any atom is 0.295 e. The third-order valence-electron chi connectivity index (χ3n) is 4.07. The fraction of sp³-hybridized carbons (Fsp3) is 0. The van der Waals surface area contributed by atoms with Crippen molar-refractivity contribution < 1.29 is 25.9 Å². The van der Waals surface area contributed by atoms with E-state index in [2.05, 4.69) is 0 Å². The van der Waals surface area contributed by atoms with Crippen molar-refractivity contribution in [3.8, 4) is 22.3 Å². The second-order valence-corrected chi connectivity index (χ2v) is 8.82. The highest BCUT2D eigenvalue weighted by Gasteiger charge is 2.19. The fourth-order valence-corrected chi connectivity index (χ4v) is 4.21. The van der Waals surface area contributed by atoms with Gasteiger partial charge in [-0.15, -0.1) is 0 Å². The van der Waals surface area contributed by atoms with Gasteiger partial charge in [-0.05, 0) is 47.5 Å². The largest absolute Gasteiger partial charge is 0.399 e. The number of hydrogen-bond acceptors (Lipinski definition) is 6. The van der Waals surface area contributed by atoms with Crippen molar-refractivity contribution in [3.63, 3.8) is 0 Å². The molecule has 3 rings (SSSR count). The molecule has 0 aliphatic heterocycles. The maximum absolute atomic E-state index is 11.6. The molecule has 0 bridgehead atoms. The van der Waals surface area contributed by atoms with Crippen LogP contribution in [0.15, 0.2) is 70.5 Å². The lowest BCUT2D eigenvalue weighted by atomic mass is 9.99. The van der Waals surface area contributed by atoms with Gasteiger partial charge < -0.3 is 11.5 Å². The SMILES string of the molecule is Nc1ccc(S(=O)(=O)O)c(-c2ccc(-c3cc(N)ccc3S(=O)(=O)O)cc2)c1. The highest BCUT2D eigenvalue weighted by Crippen LogP contribution is 2.33. The maximum atomic E-state index is 11.6. The minimum Gasteiger partial charge on any atom is -0.399 e. The van der Waals surface area contributed by atoms with E-state index in [0.717, 1.165) is 0 Å². The van der Waals surface area contributed by atoms with Gasteiger partial charge in [0.1, 0.15) is 9.79 Å². The Labute approximate surface area is 161 Å². The predicted molar refractivity (Wildman–Crippen MR) is 106 cm³/mol. The van der Waals surface area contributed by atoms with Gasteiger partial charge in [0.15, 0.2) is 0 Å². The Morgan fingerprint density at radius 2 is 0.893 bits per heavy atom. The summed E-state index contributed by atoms with van der Waals surface area (Å²) in [6.07, 6.45) is 0. The minimum atomic E-state index is -4.48. The molecule has 0 heterocycles. The van der Waals surface area contributed by atoms with Crippen LogP contribution in [0.2, 0.25) is 0 Å². The van der Waals surface area contributed by atoms with Crippen molar-refractivity contribution in [2.75, 3.05) is 11.5 Å². The average Bonchev–Trinajstić information content (AvgIpc) is 2.59. The molecule has 0 aromatic heterocycles. The van der Waals surface area contributed by atoms with E-state index in [1.54, 1.807) is 0 Å². The van der Waals surface area contributed by atoms with E-state index in [4.69, 9.17) is 11.5 Å². The van der Waals surface area contributed by atoms with Gasteiger partial charge in [0.05, 0.1) is 0 Å². The summed E-state index contributed by atoms with van der Waals surface area (Å²) in [5.74, 6) is 0. The lowest BCUT2D eigenvalue weighted by molar-refractivity contribution is 0.481. The second-order valence-electron chi connectivity index (χ2n) is 6.04. The van der Waals surface area contributed by atoms with Crippen molar-refractivity contribution in [1.82, 2.24) is 0 Å². The molecule has 6 N–H and O–H groups in total. The molecule has 3 aromatic carbocycles. The van der Waals surface area contributed by atoms with E-state index in [1.807, 2.05) is 0 Å². The lowest BCUT2D eigenvalue weighted by Gasteiger charge is -2.11. The fourth-order valence-electron chi connectivity index (χ4n) is 2.83. The number of rotatable bonds is 4. The van der Waals surface area contributed by atoms with Crippen LogP contribution in [-0.4, -0.2) is 25.9 Å². The number of nitrogen functional groups attached to an aromatic ring is 2. The van der Waals surface area contributed by atoms with Crippen molar-refractivity contribution in [2.45, 2.75) is 9.79 Å². The van der Waals surface area contributed by atoms with Crippen LogP contribution in [0.5, 0.6) is 0 Å². The third-order valence-corrected chi connectivity index (χ3v) is 5.89.